The lowest BCUT2D eigenvalue weighted by Gasteiger charge is -2.11. The van der Waals surface area contributed by atoms with E-state index in [1.807, 2.05) is 13.8 Å². The van der Waals surface area contributed by atoms with Crippen LogP contribution in [0.2, 0.25) is 0 Å². The minimum atomic E-state index is -3.83. The van der Waals surface area contributed by atoms with Crippen molar-refractivity contribution in [1.82, 2.24) is 9.97 Å². The van der Waals surface area contributed by atoms with Crippen molar-refractivity contribution in [3.63, 3.8) is 0 Å². The fourth-order valence-electron chi connectivity index (χ4n) is 1.94. The molecule has 2 N–H and O–H groups in total. The second-order valence-corrected chi connectivity index (χ2v) is 7.15. The van der Waals surface area contributed by atoms with Gasteiger partial charge in [0.1, 0.15) is 0 Å². The Hall–Kier alpha value is -2.48. The van der Waals surface area contributed by atoms with Crippen LogP contribution in [0.3, 0.4) is 0 Å². The van der Waals surface area contributed by atoms with Crippen molar-refractivity contribution in [2.24, 2.45) is 5.92 Å². The summed E-state index contributed by atoms with van der Waals surface area (Å²) in [5.41, 5.74) is 0.431. The number of nitrogens with one attached hydrogen (secondary N) is 2. The summed E-state index contributed by atoms with van der Waals surface area (Å²) in [4.78, 5) is 19.6. The molecule has 0 aliphatic heterocycles. The Bertz CT molecular complexity index is 794. The zero-order valence-corrected chi connectivity index (χ0v) is 14.4. The lowest BCUT2D eigenvalue weighted by Crippen LogP contribution is -2.17. The van der Waals surface area contributed by atoms with Crippen LogP contribution in [-0.2, 0) is 14.8 Å². The maximum atomic E-state index is 12.4. The molecular weight excluding hydrogens is 328 g/mol. The van der Waals surface area contributed by atoms with Gasteiger partial charge in [-0.1, -0.05) is 26.3 Å². The van der Waals surface area contributed by atoms with Crippen LogP contribution < -0.4 is 10.0 Å². The molecule has 8 heteroatoms. The largest absolute Gasteiger partial charge is 0.326 e. The van der Waals surface area contributed by atoms with Gasteiger partial charge in [0.15, 0.2) is 0 Å². The number of benzene rings is 1. The van der Waals surface area contributed by atoms with Gasteiger partial charge < -0.3 is 5.32 Å². The van der Waals surface area contributed by atoms with Crippen LogP contribution in [0.4, 0.5) is 11.6 Å². The van der Waals surface area contributed by atoms with Crippen LogP contribution in [0, 0.1) is 5.92 Å². The number of amides is 1. The Labute approximate surface area is 141 Å². The molecule has 0 bridgehead atoms. The predicted molar refractivity (Wildman–Crippen MR) is 92.0 cm³/mol. The first-order valence-electron chi connectivity index (χ1n) is 7.60. The van der Waals surface area contributed by atoms with E-state index in [1.165, 1.54) is 24.5 Å². The highest BCUT2D eigenvalue weighted by atomic mass is 32.2. The molecule has 2 aromatic rings. The van der Waals surface area contributed by atoms with Gasteiger partial charge in [-0.3, -0.25) is 4.79 Å². The third-order valence-corrected chi connectivity index (χ3v) is 4.78. The van der Waals surface area contributed by atoms with Gasteiger partial charge in [0, 0.05) is 24.5 Å². The molecule has 128 valence electrons. The molecule has 0 saturated carbocycles. The second kappa shape index (κ2) is 7.87. The van der Waals surface area contributed by atoms with Crippen LogP contribution in [0.1, 0.15) is 26.7 Å². The number of hydrogen-bond donors (Lipinski definition) is 2. The summed E-state index contributed by atoms with van der Waals surface area (Å²) in [6.45, 7) is 4.01. The number of sulfonamides is 1. The number of aromatic nitrogens is 2. The molecule has 0 aliphatic rings. The molecule has 1 heterocycles. The average molecular weight is 348 g/mol. The minimum Gasteiger partial charge on any atom is -0.326 e. The molecule has 24 heavy (non-hydrogen) atoms. The highest BCUT2D eigenvalue weighted by Gasteiger charge is 2.16. The maximum Gasteiger partial charge on any atom is 0.264 e. The average Bonchev–Trinajstić information content (AvgIpc) is 2.55. The molecule has 1 aromatic carbocycles. The van der Waals surface area contributed by atoms with Crippen LogP contribution in [-0.4, -0.2) is 24.3 Å². The van der Waals surface area contributed by atoms with E-state index >= 15 is 0 Å². The number of hydrogen-bond acceptors (Lipinski definition) is 5. The Kier molecular flexibility index (Phi) is 5.86. The normalized spacial score (nSPS) is 12.4. The first-order valence-corrected chi connectivity index (χ1v) is 9.09. The lowest BCUT2D eigenvalue weighted by molar-refractivity contribution is -0.117. The molecular formula is C16H20N4O3S. The Morgan fingerprint density at radius 3 is 2.58 bits per heavy atom. The molecule has 7 nitrogen and oxygen atoms in total. The van der Waals surface area contributed by atoms with Gasteiger partial charge in [0.25, 0.3) is 10.0 Å². The van der Waals surface area contributed by atoms with Crippen molar-refractivity contribution in [2.75, 3.05) is 10.0 Å². The van der Waals surface area contributed by atoms with E-state index in [9.17, 15) is 13.2 Å². The summed E-state index contributed by atoms with van der Waals surface area (Å²) in [7, 11) is -3.83. The van der Waals surface area contributed by atoms with Crippen molar-refractivity contribution in [3.8, 4) is 0 Å². The maximum absolute atomic E-state index is 12.4. The van der Waals surface area contributed by atoms with E-state index < -0.39 is 10.0 Å². The number of anilines is 2. The lowest BCUT2D eigenvalue weighted by atomic mass is 10.1. The van der Waals surface area contributed by atoms with Gasteiger partial charge in [0.2, 0.25) is 11.9 Å². The summed E-state index contributed by atoms with van der Waals surface area (Å²) in [5, 5.41) is 2.72. The van der Waals surface area contributed by atoms with Crippen molar-refractivity contribution in [3.05, 3.63) is 42.7 Å². The Morgan fingerprint density at radius 1 is 1.21 bits per heavy atom. The van der Waals surface area contributed by atoms with Gasteiger partial charge in [-0.2, -0.15) is 0 Å². The van der Waals surface area contributed by atoms with E-state index in [1.54, 1.807) is 18.2 Å². The first kappa shape index (κ1) is 17.9. The third-order valence-electron chi connectivity index (χ3n) is 3.45. The van der Waals surface area contributed by atoms with Crippen molar-refractivity contribution >= 4 is 27.6 Å². The molecule has 1 unspecified atom stereocenters. The van der Waals surface area contributed by atoms with E-state index in [4.69, 9.17) is 0 Å². The van der Waals surface area contributed by atoms with E-state index in [-0.39, 0.29) is 22.7 Å². The smallest absolute Gasteiger partial charge is 0.264 e. The molecule has 1 atom stereocenters. The fraction of sp³-hybridized carbons (Fsp3) is 0.312. The highest BCUT2D eigenvalue weighted by molar-refractivity contribution is 7.92. The zero-order valence-electron chi connectivity index (χ0n) is 13.6. The third kappa shape index (κ3) is 5.02. The van der Waals surface area contributed by atoms with E-state index in [0.29, 0.717) is 12.1 Å². The molecule has 0 spiro atoms. The number of nitrogens with zero attached hydrogens (tertiary/aromatic N) is 2. The van der Waals surface area contributed by atoms with Gasteiger partial charge in [-0.25, -0.2) is 23.1 Å². The summed E-state index contributed by atoms with van der Waals surface area (Å²) < 4.78 is 27.0. The van der Waals surface area contributed by atoms with Gasteiger partial charge >= 0.3 is 0 Å². The predicted octanol–water partition coefficient (Wildman–Crippen LogP) is 2.65. The fourth-order valence-corrected chi connectivity index (χ4v) is 2.95. The number of carbonyl (C=O) groups excluding carboxylic acids is 1. The van der Waals surface area contributed by atoms with Crippen molar-refractivity contribution in [1.29, 1.82) is 0 Å². The molecule has 0 radical (unpaired) electrons. The quantitative estimate of drug-likeness (QED) is 0.801. The van der Waals surface area contributed by atoms with Gasteiger partial charge in [-0.05, 0) is 30.2 Å². The monoisotopic (exact) mass is 348 g/mol. The molecule has 2 rings (SSSR count). The SMILES string of the molecule is CCC(C)CC(=O)Nc1cccc(S(=O)(=O)Nc2ncccn2)c1. The van der Waals surface area contributed by atoms with Crippen molar-refractivity contribution in [2.45, 2.75) is 31.6 Å². The second-order valence-electron chi connectivity index (χ2n) is 5.47. The first-order chi connectivity index (χ1) is 11.4. The molecule has 0 fully saturated rings. The number of rotatable bonds is 7. The van der Waals surface area contributed by atoms with Crippen LogP contribution in [0.25, 0.3) is 0 Å². The van der Waals surface area contributed by atoms with Gasteiger partial charge in [0.05, 0.1) is 4.90 Å². The van der Waals surface area contributed by atoms with E-state index in [2.05, 4.69) is 20.0 Å². The summed E-state index contributed by atoms with van der Waals surface area (Å²) in [6.07, 6.45) is 4.18. The molecule has 1 amide bonds. The van der Waals surface area contributed by atoms with Crippen LogP contribution >= 0.6 is 0 Å². The summed E-state index contributed by atoms with van der Waals surface area (Å²) in [6, 6.07) is 7.65. The molecule has 1 aromatic heterocycles. The number of carbonyl (C=O) groups is 1. The van der Waals surface area contributed by atoms with Gasteiger partial charge in [-0.15, -0.1) is 0 Å². The summed E-state index contributed by atoms with van der Waals surface area (Å²) in [5.74, 6) is 0.121. The van der Waals surface area contributed by atoms with Crippen molar-refractivity contribution < 1.29 is 13.2 Å². The molecule has 0 saturated heterocycles. The Morgan fingerprint density at radius 2 is 1.92 bits per heavy atom. The Balaban J connectivity index is 2.13. The summed E-state index contributed by atoms with van der Waals surface area (Å²) >= 11 is 0. The van der Waals surface area contributed by atoms with E-state index in [0.717, 1.165) is 6.42 Å². The highest BCUT2D eigenvalue weighted by Crippen LogP contribution is 2.18. The van der Waals surface area contributed by atoms with Crippen LogP contribution in [0.15, 0.2) is 47.6 Å². The zero-order chi connectivity index (χ0) is 17.6. The molecule has 0 aliphatic carbocycles. The topological polar surface area (TPSA) is 101 Å². The standard InChI is InChI=1S/C16H20N4O3S/c1-3-12(2)10-15(21)19-13-6-4-7-14(11-13)24(22,23)20-16-17-8-5-9-18-16/h4-9,11-12H,3,10H2,1-2H3,(H,19,21)(H,17,18,20). The minimum absolute atomic E-state index is 0.0105. The van der Waals surface area contributed by atoms with Crippen LogP contribution in [0.5, 0.6) is 0 Å².